The Morgan fingerprint density at radius 1 is 1.07 bits per heavy atom. The number of carbonyl (C=O) groups excluding carboxylic acids is 1. The van der Waals surface area contributed by atoms with E-state index in [-0.39, 0.29) is 5.91 Å². The van der Waals surface area contributed by atoms with Gasteiger partial charge in [-0.25, -0.2) is 5.01 Å². The van der Waals surface area contributed by atoms with Gasteiger partial charge in [-0.1, -0.05) is 65.8 Å². The van der Waals surface area contributed by atoms with E-state index in [9.17, 15) is 4.79 Å². The van der Waals surface area contributed by atoms with Crippen molar-refractivity contribution in [2.24, 2.45) is 10.1 Å². The standard InChI is InChI=1S/C22H16ClN5OS/c23-17-9-3-1-6-15(17)13-30-22-26-21(29)19-16-8-2-4-10-18(16)25-20(28(19)27-22)14-7-5-11-24-12-14/h1-12,20H,13H2,(H,26,27,29). The molecular weight excluding hydrogens is 418 g/mol. The average molecular weight is 434 g/mol. The van der Waals surface area contributed by atoms with Gasteiger partial charge < -0.3 is 0 Å². The first kappa shape index (κ1) is 18.8. The summed E-state index contributed by atoms with van der Waals surface area (Å²) in [6, 6.07) is 19.0. The summed E-state index contributed by atoms with van der Waals surface area (Å²) in [5.74, 6) is 0.385. The molecule has 5 rings (SSSR count). The van der Waals surface area contributed by atoms with Crippen molar-refractivity contribution >= 4 is 40.1 Å². The maximum atomic E-state index is 13.1. The molecule has 2 aliphatic rings. The lowest BCUT2D eigenvalue weighted by Gasteiger charge is -2.33. The molecular formula is C22H16ClN5OS. The first-order valence-electron chi connectivity index (χ1n) is 9.33. The zero-order valence-corrected chi connectivity index (χ0v) is 17.3. The molecule has 1 amide bonds. The van der Waals surface area contributed by atoms with Gasteiger partial charge in [-0.3, -0.25) is 20.1 Å². The van der Waals surface area contributed by atoms with Crippen LogP contribution in [0.15, 0.2) is 83.2 Å². The lowest BCUT2D eigenvalue weighted by molar-refractivity contribution is -0.116. The number of halogens is 1. The molecule has 30 heavy (non-hydrogen) atoms. The number of hydrogen-bond donors (Lipinski definition) is 1. The highest BCUT2D eigenvalue weighted by Crippen LogP contribution is 2.31. The topological polar surface area (TPSA) is 70.0 Å². The van der Waals surface area contributed by atoms with Crippen molar-refractivity contribution in [3.05, 3.63) is 99.8 Å². The van der Waals surface area contributed by atoms with Gasteiger partial charge in [0, 0.05) is 34.0 Å². The van der Waals surface area contributed by atoms with Crippen LogP contribution in [0.25, 0.3) is 5.70 Å². The molecule has 0 saturated heterocycles. The number of rotatable bonds is 3. The number of pyridine rings is 1. The third kappa shape index (κ3) is 3.46. The summed E-state index contributed by atoms with van der Waals surface area (Å²) in [4.78, 5) is 22.2. The molecule has 1 atom stereocenters. The van der Waals surface area contributed by atoms with Gasteiger partial charge in [0.25, 0.3) is 5.91 Å². The van der Waals surface area contributed by atoms with E-state index in [1.807, 2.05) is 60.7 Å². The smallest absolute Gasteiger partial charge is 0.276 e. The minimum absolute atomic E-state index is 0.206. The summed E-state index contributed by atoms with van der Waals surface area (Å²) in [6.07, 6.45) is 2.99. The number of amides is 1. The minimum Gasteiger partial charge on any atom is -0.298 e. The second kappa shape index (κ2) is 7.93. The van der Waals surface area contributed by atoms with Crippen LogP contribution in [0.4, 0.5) is 0 Å². The Morgan fingerprint density at radius 2 is 1.90 bits per heavy atom. The van der Waals surface area contributed by atoms with Gasteiger partial charge in [0.2, 0.25) is 0 Å². The number of nitrogens with one attached hydrogen (secondary N) is 1. The van der Waals surface area contributed by atoms with Crippen LogP contribution in [0, 0.1) is 0 Å². The fourth-order valence-electron chi connectivity index (χ4n) is 3.40. The Morgan fingerprint density at radius 3 is 2.73 bits per heavy atom. The van der Waals surface area contributed by atoms with Crippen molar-refractivity contribution in [3.63, 3.8) is 0 Å². The third-order valence-corrected chi connectivity index (χ3v) is 6.10. The summed E-state index contributed by atoms with van der Waals surface area (Å²) >= 11 is 7.69. The molecule has 0 saturated carbocycles. The number of carbonyl (C=O) groups is 1. The molecule has 1 aromatic heterocycles. The van der Waals surface area contributed by atoms with Crippen molar-refractivity contribution in [2.45, 2.75) is 11.9 Å². The van der Waals surface area contributed by atoms with Crippen LogP contribution in [0.2, 0.25) is 5.02 Å². The second-order valence-corrected chi connectivity index (χ2v) is 8.11. The highest BCUT2D eigenvalue weighted by atomic mass is 35.5. The van der Waals surface area contributed by atoms with E-state index in [1.54, 1.807) is 17.4 Å². The van der Waals surface area contributed by atoms with Gasteiger partial charge in [0.15, 0.2) is 11.3 Å². The number of hydrogen-bond acceptors (Lipinski definition) is 6. The van der Waals surface area contributed by atoms with E-state index >= 15 is 0 Å². The van der Waals surface area contributed by atoms with Crippen LogP contribution >= 0.6 is 23.4 Å². The zero-order chi connectivity index (χ0) is 20.5. The third-order valence-electron chi connectivity index (χ3n) is 4.82. The molecule has 6 nitrogen and oxygen atoms in total. The van der Waals surface area contributed by atoms with E-state index in [4.69, 9.17) is 21.7 Å². The van der Waals surface area contributed by atoms with Crippen molar-refractivity contribution in [1.82, 2.24) is 15.3 Å². The first-order valence-corrected chi connectivity index (χ1v) is 10.7. The Balaban J connectivity index is 1.56. The number of amidine groups is 1. The van der Waals surface area contributed by atoms with Crippen LogP contribution in [-0.4, -0.2) is 21.1 Å². The van der Waals surface area contributed by atoms with Crippen molar-refractivity contribution in [1.29, 1.82) is 0 Å². The van der Waals surface area contributed by atoms with Gasteiger partial charge in [0.05, 0.1) is 5.36 Å². The Labute approximate surface area is 182 Å². The molecule has 0 radical (unpaired) electrons. The zero-order valence-electron chi connectivity index (χ0n) is 15.7. The largest absolute Gasteiger partial charge is 0.298 e. The molecule has 2 aromatic carbocycles. The van der Waals surface area contributed by atoms with Crippen LogP contribution < -0.4 is 15.9 Å². The number of benzene rings is 2. The van der Waals surface area contributed by atoms with Gasteiger partial charge >= 0.3 is 0 Å². The molecule has 0 spiro atoms. The number of fused-ring (bicyclic) bond motifs is 2. The summed E-state index contributed by atoms with van der Waals surface area (Å²) in [7, 11) is 0. The Bertz CT molecular complexity index is 1280. The number of hydrazone groups is 1. The van der Waals surface area contributed by atoms with Crippen LogP contribution in [0.5, 0.6) is 0 Å². The summed E-state index contributed by atoms with van der Waals surface area (Å²) in [5.41, 5.74) is 2.32. The van der Waals surface area contributed by atoms with Crippen molar-refractivity contribution in [2.75, 3.05) is 0 Å². The normalized spacial score (nSPS) is 17.4. The monoisotopic (exact) mass is 433 g/mol. The molecule has 148 valence electrons. The molecule has 0 fully saturated rings. The maximum absolute atomic E-state index is 13.1. The van der Waals surface area contributed by atoms with Crippen molar-refractivity contribution < 1.29 is 4.79 Å². The summed E-state index contributed by atoms with van der Waals surface area (Å²) < 4.78 is 0. The fourth-order valence-corrected chi connectivity index (χ4v) is 4.54. The number of para-hydroxylation sites is 1. The van der Waals surface area contributed by atoms with Gasteiger partial charge in [0.1, 0.15) is 5.70 Å². The molecule has 1 unspecified atom stereocenters. The average Bonchev–Trinajstić information content (AvgIpc) is 2.78. The predicted octanol–water partition coefficient (Wildman–Crippen LogP) is 2.81. The van der Waals surface area contributed by atoms with Crippen LogP contribution in [-0.2, 0) is 10.5 Å². The summed E-state index contributed by atoms with van der Waals surface area (Å²) in [5, 5.41) is 12.1. The van der Waals surface area contributed by atoms with Crippen molar-refractivity contribution in [3.8, 4) is 0 Å². The van der Waals surface area contributed by atoms with E-state index in [0.29, 0.717) is 21.6 Å². The quantitative estimate of drug-likeness (QED) is 0.689. The molecule has 8 heteroatoms. The molecule has 0 aliphatic carbocycles. The van der Waals surface area contributed by atoms with E-state index in [0.717, 1.165) is 21.7 Å². The highest BCUT2D eigenvalue weighted by molar-refractivity contribution is 8.13. The second-order valence-electron chi connectivity index (χ2n) is 6.74. The number of aromatic nitrogens is 1. The first-order chi connectivity index (χ1) is 14.7. The number of thioether (sulfide) groups is 1. The van der Waals surface area contributed by atoms with Gasteiger partial charge in [-0.15, -0.1) is 5.10 Å². The molecule has 0 bridgehead atoms. The SMILES string of the molecule is O=C1NC(SCc2ccccc2Cl)=NN2C1=c1ccccc1=NC2c1cccnc1. The summed E-state index contributed by atoms with van der Waals surface area (Å²) in [6.45, 7) is 0. The molecule has 3 heterocycles. The van der Waals surface area contributed by atoms with E-state index < -0.39 is 6.17 Å². The molecule has 2 aliphatic heterocycles. The molecule has 3 aromatic rings. The lowest BCUT2D eigenvalue weighted by atomic mass is 10.1. The van der Waals surface area contributed by atoms with Gasteiger partial charge in [-0.2, -0.15) is 0 Å². The lowest BCUT2D eigenvalue weighted by Crippen LogP contribution is -2.50. The highest BCUT2D eigenvalue weighted by Gasteiger charge is 2.34. The van der Waals surface area contributed by atoms with E-state index in [1.165, 1.54) is 11.8 Å². The van der Waals surface area contributed by atoms with Crippen LogP contribution in [0.3, 0.4) is 0 Å². The maximum Gasteiger partial charge on any atom is 0.276 e. The minimum atomic E-state index is -0.467. The number of nitrogens with zero attached hydrogens (tertiary/aromatic N) is 4. The van der Waals surface area contributed by atoms with E-state index in [2.05, 4.69) is 10.3 Å². The Hall–Kier alpha value is -3.16. The fraction of sp³-hybridized carbons (Fsp3) is 0.0909. The van der Waals surface area contributed by atoms with Gasteiger partial charge in [-0.05, 0) is 23.8 Å². The predicted molar refractivity (Wildman–Crippen MR) is 118 cm³/mol. The Kier molecular flexibility index (Phi) is 4.98. The molecule has 1 N–H and O–H groups in total. The van der Waals surface area contributed by atoms with Crippen LogP contribution in [0.1, 0.15) is 17.3 Å².